The van der Waals surface area contributed by atoms with E-state index in [0.29, 0.717) is 11.3 Å². The highest BCUT2D eigenvalue weighted by Gasteiger charge is 2.30. The van der Waals surface area contributed by atoms with E-state index in [0.717, 1.165) is 4.90 Å². The monoisotopic (exact) mass is 246 g/mol. The van der Waals surface area contributed by atoms with Crippen molar-refractivity contribution in [2.75, 3.05) is 19.0 Å². The Hall–Kier alpha value is -2.17. The number of rotatable bonds is 2. The third kappa shape index (κ3) is 2.11. The summed E-state index contributed by atoms with van der Waals surface area (Å²) in [7, 11) is 3.31. The van der Waals surface area contributed by atoms with Gasteiger partial charge in [-0.05, 0) is 18.2 Å². The van der Waals surface area contributed by atoms with Crippen LogP contribution in [0.1, 0.15) is 23.2 Å². The molecular formula is C13H14N2O3. The predicted octanol–water partition coefficient (Wildman–Crippen LogP) is 1.04. The molecule has 0 unspecified atom stereocenters. The van der Waals surface area contributed by atoms with Crippen LogP contribution in [-0.2, 0) is 9.59 Å². The first-order valence-electron chi connectivity index (χ1n) is 5.68. The van der Waals surface area contributed by atoms with Gasteiger partial charge in [-0.3, -0.25) is 19.3 Å². The Morgan fingerprint density at radius 3 is 2.33 bits per heavy atom. The first-order chi connectivity index (χ1) is 8.50. The lowest BCUT2D eigenvalue weighted by Gasteiger charge is -2.16. The molecule has 0 aromatic heterocycles. The van der Waals surface area contributed by atoms with Crippen LogP contribution < -0.4 is 4.90 Å². The number of carbonyl (C=O) groups excluding carboxylic acids is 3. The van der Waals surface area contributed by atoms with Crippen molar-refractivity contribution >= 4 is 23.4 Å². The van der Waals surface area contributed by atoms with Crippen LogP contribution in [-0.4, -0.2) is 36.7 Å². The van der Waals surface area contributed by atoms with Crippen LogP contribution >= 0.6 is 0 Å². The Morgan fingerprint density at radius 1 is 1.17 bits per heavy atom. The van der Waals surface area contributed by atoms with Gasteiger partial charge in [0, 0.05) is 32.5 Å². The van der Waals surface area contributed by atoms with Gasteiger partial charge in [-0.1, -0.05) is 6.07 Å². The second kappa shape index (κ2) is 4.60. The molecule has 2 rings (SSSR count). The van der Waals surface area contributed by atoms with Gasteiger partial charge < -0.3 is 4.90 Å². The van der Waals surface area contributed by atoms with Crippen molar-refractivity contribution < 1.29 is 14.4 Å². The number of amides is 3. The van der Waals surface area contributed by atoms with E-state index < -0.39 is 0 Å². The van der Waals surface area contributed by atoms with E-state index >= 15 is 0 Å². The molecule has 1 aromatic carbocycles. The molecule has 3 amide bonds. The highest BCUT2D eigenvalue weighted by Crippen LogP contribution is 2.23. The number of hydrogen-bond acceptors (Lipinski definition) is 3. The zero-order valence-corrected chi connectivity index (χ0v) is 10.3. The predicted molar refractivity (Wildman–Crippen MR) is 66.2 cm³/mol. The average molecular weight is 246 g/mol. The molecule has 0 N–H and O–H groups in total. The van der Waals surface area contributed by atoms with Crippen molar-refractivity contribution in [3.63, 3.8) is 0 Å². The van der Waals surface area contributed by atoms with Gasteiger partial charge >= 0.3 is 0 Å². The van der Waals surface area contributed by atoms with Crippen LogP contribution in [0.15, 0.2) is 24.3 Å². The SMILES string of the molecule is CN(C)C(=O)c1cccc(N2C(=O)CCC2=O)c1. The molecule has 1 saturated heterocycles. The highest BCUT2D eigenvalue weighted by atomic mass is 16.2. The van der Waals surface area contributed by atoms with Crippen LogP contribution in [0.4, 0.5) is 5.69 Å². The number of anilines is 1. The van der Waals surface area contributed by atoms with Crippen LogP contribution in [0.3, 0.4) is 0 Å². The Morgan fingerprint density at radius 2 is 1.78 bits per heavy atom. The summed E-state index contributed by atoms with van der Waals surface area (Å²) in [5.74, 6) is -0.583. The fraction of sp³-hybridized carbons (Fsp3) is 0.308. The van der Waals surface area contributed by atoms with E-state index in [1.165, 1.54) is 4.90 Å². The van der Waals surface area contributed by atoms with Crippen LogP contribution in [0, 0.1) is 0 Å². The number of hydrogen-bond donors (Lipinski definition) is 0. The molecule has 94 valence electrons. The number of imide groups is 1. The summed E-state index contributed by atoms with van der Waals surface area (Å²) < 4.78 is 0. The number of carbonyl (C=O) groups is 3. The maximum Gasteiger partial charge on any atom is 0.253 e. The van der Waals surface area contributed by atoms with Crippen molar-refractivity contribution in [1.29, 1.82) is 0 Å². The summed E-state index contributed by atoms with van der Waals surface area (Å²) in [6.45, 7) is 0. The summed E-state index contributed by atoms with van der Waals surface area (Å²) in [5, 5.41) is 0. The molecule has 0 aliphatic carbocycles. The molecule has 1 aliphatic rings. The Kier molecular flexibility index (Phi) is 3.14. The van der Waals surface area contributed by atoms with Crippen molar-refractivity contribution in [3.8, 4) is 0 Å². The summed E-state index contributed by atoms with van der Waals surface area (Å²) in [4.78, 5) is 37.6. The first-order valence-corrected chi connectivity index (χ1v) is 5.68. The minimum Gasteiger partial charge on any atom is -0.345 e. The van der Waals surface area contributed by atoms with Gasteiger partial charge in [-0.25, -0.2) is 0 Å². The second-order valence-corrected chi connectivity index (χ2v) is 4.37. The summed E-state index contributed by atoms with van der Waals surface area (Å²) in [6, 6.07) is 6.57. The van der Waals surface area contributed by atoms with Crippen molar-refractivity contribution in [2.45, 2.75) is 12.8 Å². The molecule has 0 bridgehead atoms. The molecule has 1 heterocycles. The van der Waals surface area contributed by atoms with Crippen LogP contribution in [0.25, 0.3) is 0 Å². The van der Waals surface area contributed by atoms with Gasteiger partial charge in [-0.15, -0.1) is 0 Å². The van der Waals surface area contributed by atoms with E-state index in [1.54, 1.807) is 38.4 Å². The molecule has 0 saturated carbocycles. The Balaban J connectivity index is 2.36. The highest BCUT2D eigenvalue weighted by molar-refractivity contribution is 6.20. The average Bonchev–Trinajstić information content (AvgIpc) is 2.68. The molecule has 5 nitrogen and oxygen atoms in total. The third-order valence-electron chi connectivity index (χ3n) is 2.81. The van der Waals surface area contributed by atoms with E-state index in [4.69, 9.17) is 0 Å². The third-order valence-corrected chi connectivity index (χ3v) is 2.81. The van der Waals surface area contributed by atoms with Gasteiger partial charge in [0.1, 0.15) is 0 Å². The van der Waals surface area contributed by atoms with E-state index in [2.05, 4.69) is 0 Å². The Labute approximate surface area is 105 Å². The smallest absolute Gasteiger partial charge is 0.253 e. The largest absolute Gasteiger partial charge is 0.345 e. The molecule has 0 spiro atoms. The fourth-order valence-electron chi connectivity index (χ4n) is 1.90. The maximum atomic E-state index is 11.8. The minimum atomic E-state index is -0.213. The molecule has 0 radical (unpaired) electrons. The lowest BCUT2D eigenvalue weighted by Crippen LogP contribution is -2.29. The summed E-state index contributed by atoms with van der Waals surface area (Å²) in [5.41, 5.74) is 0.931. The van der Waals surface area contributed by atoms with Gasteiger partial charge in [0.25, 0.3) is 5.91 Å². The topological polar surface area (TPSA) is 57.7 Å². The van der Waals surface area contributed by atoms with Gasteiger partial charge in [0.15, 0.2) is 0 Å². The van der Waals surface area contributed by atoms with Gasteiger partial charge in [0.2, 0.25) is 11.8 Å². The van der Waals surface area contributed by atoms with Crippen LogP contribution in [0.2, 0.25) is 0 Å². The van der Waals surface area contributed by atoms with Crippen molar-refractivity contribution in [2.24, 2.45) is 0 Å². The molecular weight excluding hydrogens is 232 g/mol. The quantitative estimate of drug-likeness (QED) is 0.733. The molecule has 1 aliphatic heterocycles. The van der Waals surface area contributed by atoms with E-state index in [-0.39, 0.29) is 30.6 Å². The van der Waals surface area contributed by atoms with Crippen molar-refractivity contribution in [3.05, 3.63) is 29.8 Å². The summed E-state index contributed by atoms with van der Waals surface area (Å²) >= 11 is 0. The standard InChI is InChI=1S/C13H14N2O3/c1-14(2)13(18)9-4-3-5-10(8-9)15-11(16)6-7-12(15)17/h3-5,8H,6-7H2,1-2H3. The van der Waals surface area contributed by atoms with Gasteiger partial charge in [-0.2, -0.15) is 0 Å². The fourth-order valence-corrected chi connectivity index (χ4v) is 1.90. The van der Waals surface area contributed by atoms with E-state index in [1.807, 2.05) is 0 Å². The molecule has 0 atom stereocenters. The summed E-state index contributed by atoms with van der Waals surface area (Å²) in [6.07, 6.45) is 0.482. The number of benzene rings is 1. The minimum absolute atomic E-state index is 0.157. The Bertz CT molecular complexity index is 507. The number of nitrogens with zero attached hydrogens (tertiary/aromatic N) is 2. The zero-order chi connectivity index (χ0) is 13.3. The maximum absolute atomic E-state index is 11.8. The van der Waals surface area contributed by atoms with E-state index in [9.17, 15) is 14.4 Å². The van der Waals surface area contributed by atoms with Gasteiger partial charge in [0.05, 0.1) is 5.69 Å². The lowest BCUT2D eigenvalue weighted by molar-refractivity contribution is -0.121. The normalized spacial score (nSPS) is 15.1. The zero-order valence-electron chi connectivity index (χ0n) is 10.3. The molecule has 1 aromatic rings. The van der Waals surface area contributed by atoms with Crippen LogP contribution in [0.5, 0.6) is 0 Å². The molecule has 1 fully saturated rings. The van der Waals surface area contributed by atoms with Crippen molar-refractivity contribution in [1.82, 2.24) is 4.90 Å². The molecule has 5 heteroatoms. The molecule has 18 heavy (non-hydrogen) atoms. The first kappa shape index (κ1) is 12.3. The lowest BCUT2D eigenvalue weighted by atomic mass is 10.1. The second-order valence-electron chi connectivity index (χ2n) is 4.37.